The number of halogens is 7. The van der Waals surface area contributed by atoms with Gasteiger partial charge in [-0.25, -0.2) is 8.42 Å². The van der Waals surface area contributed by atoms with Crippen molar-refractivity contribution in [1.82, 2.24) is 14.7 Å². The van der Waals surface area contributed by atoms with Gasteiger partial charge in [0.2, 0.25) is 21.8 Å². The number of nitrogens with zero attached hydrogens (tertiary/aromatic N) is 1. The quantitative estimate of drug-likeness (QED) is 0.119. The molecule has 0 fully saturated rings. The fourth-order valence-electron chi connectivity index (χ4n) is 5.35. The fraction of sp³-hybridized carbons (Fsp3) is 0.250. The molecule has 0 radical (unpaired) electrons. The van der Waals surface area contributed by atoms with Gasteiger partial charge in [0, 0.05) is 27.2 Å². The number of carbonyl (C=O) groups is 1. The number of nitrogens with one attached hydrogen (secondary N) is 2. The molecule has 0 aliphatic rings. The van der Waals surface area contributed by atoms with Crippen LogP contribution >= 0.6 is 15.9 Å². The first-order chi connectivity index (χ1) is 23.4. The van der Waals surface area contributed by atoms with Gasteiger partial charge >= 0.3 is 12.4 Å². The molecule has 0 saturated carbocycles. The van der Waals surface area contributed by atoms with Crippen molar-refractivity contribution in [2.75, 3.05) is 20.3 Å². The number of aromatic hydroxyl groups is 1. The number of sulfonamides is 1. The second kappa shape index (κ2) is 13.9. The minimum absolute atomic E-state index is 0.0673. The molecule has 1 amide bonds. The zero-order valence-electron chi connectivity index (χ0n) is 25.9. The number of H-pyrrole nitrogens is 1. The minimum atomic E-state index is -4.80. The number of phenols is 1. The Morgan fingerprint density at radius 1 is 1.00 bits per heavy atom. The average Bonchev–Trinajstić information content (AvgIpc) is 3.38. The van der Waals surface area contributed by atoms with Crippen molar-refractivity contribution in [3.8, 4) is 34.4 Å². The van der Waals surface area contributed by atoms with E-state index in [1.807, 2.05) is 4.72 Å². The first-order valence-corrected chi connectivity index (χ1v) is 16.8. The van der Waals surface area contributed by atoms with E-state index in [0.717, 1.165) is 0 Å². The van der Waals surface area contributed by atoms with Crippen molar-refractivity contribution in [2.24, 2.45) is 0 Å². The van der Waals surface area contributed by atoms with Crippen molar-refractivity contribution in [3.63, 3.8) is 0 Å². The molecule has 18 heteroatoms. The second-order valence-corrected chi connectivity index (χ2v) is 13.7. The molecule has 10 nitrogen and oxygen atoms in total. The number of hydrogen-bond donors (Lipinski definition) is 3. The molecular formula is C32H26BrF6N3O7S. The van der Waals surface area contributed by atoms with Gasteiger partial charge in [0.25, 0.3) is 0 Å². The molecule has 3 N–H and O–H groups in total. The van der Waals surface area contributed by atoms with Crippen LogP contribution in [0.2, 0.25) is 0 Å². The Morgan fingerprint density at radius 3 is 2.36 bits per heavy atom. The van der Waals surface area contributed by atoms with E-state index in [1.165, 1.54) is 50.6 Å². The van der Waals surface area contributed by atoms with Gasteiger partial charge in [0.05, 0.1) is 41.3 Å². The third-order valence-corrected chi connectivity index (χ3v) is 8.99. The fourth-order valence-corrected chi connectivity index (χ4v) is 6.87. The zero-order valence-corrected chi connectivity index (χ0v) is 28.3. The molecule has 3 aromatic carbocycles. The number of alkyl halides is 6. The molecule has 266 valence electrons. The van der Waals surface area contributed by atoms with Gasteiger partial charge in [-0.05, 0) is 48.4 Å². The van der Waals surface area contributed by atoms with Crippen LogP contribution in [0.1, 0.15) is 16.7 Å². The number of fused-ring (bicyclic) bond motifs is 3. The molecule has 0 unspecified atom stereocenters. The lowest BCUT2D eigenvalue weighted by Crippen LogP contribution is -2.32. The summed E-state index contributed by atoms with van der Waals surface area (Å²) in [5.41, 5.74) is 1.02. The summed E-state index contributed by atoms with van der Waals surface area (Å²) in [5.74, 6) is -3.00. The largest absolute Gasteiger partial charge is 0.504 e. The van der Waals surface area contributed by atoms with Crippen LogP contribution in [0.25, 0.3) is 32.9 Å². The normalized spacial score (nSPS) is 12.3. The van der Waals surface area contributed by atoms with E-state index < -0.39 is 64.6 Å². The highest BCUT2D eigenvalue weighted by Gasteiger charge is 2.33. The molecule has 50 heavy (non-hydrogen) atoms. The number of amides is 1. The molecule has 0 aliphatic heterocycles. The zero-order chi connectivity index (χ0) is 36.6. The Kier molecular flexibility index (Phi) is 10.2. The van der Waals surface area contributed by atoms with Gasteiger partial charge in [0.1, 0.15) is 5.75 Å². The third-order valence-electron chi connectivity index (χ3n) is 7.25. The Labute approximate surface area is 288 Å². The van der Waals surface area contributed by atoms with Crippen LogP contribution in [0.3, 0.4) is 0 Å². The van der Waals surface area contributed by atoms with E-state index in [1.54, 1.807) is 18.2 Å². The number of carbonyl (C=O) groups excluding carboxylic acids is 1. The number of methoxy groups -OCH3 is 1. The number of pyridine rings is 1. The number of hydrogen-bond acceptors (Lipinski definition) is 8. The van der Waals surface area contributed by atoms with Crippen LogP contribution in [0.4, 0.5) is 26.3 Å². The summed E-state index contributed by atoms with van der Waals surface area (Å²) >= 11 is 3.29. The van der Waals surface area contributed by atoms with Gasteiger partial charge < -0.3 is 24.3 Å². The molecule has 0 atom stereocenters. The van der Waals surface area contributed by atoms with Crippen LogP contribution < -0.4 is 18.9 Å². The van der Waals surface area contributed by atoms with E-state index in [0.29, 0.717) is 21.3 Å². The van der Waals surface area contributed by atoms with Crippen LogP contribution in [-0.2, 0) is 27.0 Å². The van der Waals surface area contributed by atoms with Gasteiger partial charge in [-0.1, -0.05) is 34.1 Å². The lowest BCUT2D eigenvalue weighted by atomic mass is 9.98. The number of benzene rings is 3. The molecule has 5 aromatic rings. The first kappa shape index (κ1) is 36.6. The first-order valence-electron chi connectivity index (χ1n) is 14.4. The van der Waals surface area contributed by atoms with Crippen LogP contribution in [0.15, 0.2) is 59.2 Å². The predicted octanol–water partition coefficient (Wildman–Crippen LogP) is 7.24. The van der Waals surface area contributed by atoms with Gasteiger partial charge in [-0.2, -0.15) is 26.3 Å². The number of phenolic OH excluding ortho intramolecular Hbond substituents is 1. The van der Waals surface area contributed by atoms with E-state index in [4.69, 9.17) is 14.2 Å². The average molecular weight is 791 g/mol. The van der Waals surface area contributed by atoms with E-state index in [-0.39, 0.29) is 44.9 Å². The third kappa shape index (κ3) is 8.35. The molecule has 2 aromatic heterocycles. The smallest absolute Gasteiger partial charge is 0.422 e. The molecule has 5 rings (SSSR count). The van der Waals surface area contributed by atoms with Crippen molar-refractivity contribution in [2.45, 2.75) is 31.5 Å². The highest BCUT2D eigenvalue weighted by molar-refractivity contribution is 9.10. The van der Waals surface area contributed by atoms with Crippen molar-refractivity contribution < 1.29 is 58.9 Å². The molecule has 0 spiro atoms. The maximum atomic E-state index is 13.2. The van der Waals surface area contributed by atoms with Crippen LogP contribution in [0, 0.1) is 6.92 Å². The summed E-state index contributed by atoms with van der Waals surface area (Å²) in [7, 11) is -2.82. The maximum absolute atomic E-state index is 13.2. The number of rotatable bonds is 11. The Hall–Kier alpha value is -4.71. The van der Waals surface area contributed by atoms with Crippen LogP contribution in [0.5, 0.6) is 23.1 Å². The van der Waals surface area contributed by atoms with Crippen molar-refractivity contribution in [1.29, 1.82) is 0 Å². The Balaban J connectivity index is 1.52. The van der Waals surface area contributed by atoms with Crippen LogP contribution in [-0.4, -0.2) is 62.1 Å². The highest BCUT2D eigenvalue weighted by Crippen LogP contribution is 2.50. The SMILES string of the molecule is COc1ccc(Br)cc1CC(=O)NS(=O)(=O)Cc1ccc(-c2[nH]c(OCC(F)(F)F)c3c2c(O)c(OCC(F)(F)F)c2cccnc23)c(C)c1. The number of aryl methyl sites for hydroxylation is 1. The number of aromatic nitrogens is 2. The van der Waals surface area contributed by atoms with Crippen molar-refractivity contribution in [3.05, 3.63) is 75.9 Å². The summed E-state index contributed by atoms with van der Waals surface area (Å²) in [6.45, 7) is -2.01. The molecule has 0 aliphatic carbocycles. The number of ether oxygens (including phenoxy) is 3. The predicted molar refractivity (Wildman–Crippen MR) is 174 cm³/mol. The van der Waals surface area contributed by atoms with Gasteiger partial charge in [-0.3, -0.25) is 14.5 Å². The van der Waals surface area contributed by atoms with Gasteiger partial charge in [-0.15, -0.1) is 0 Å². The standard InChI is InChI=1S/C32H26BrF6N3O7S/c1-16-10-17(13-50(45,46)42-23(43)12-18-11-19(33)6-8-22(18)47-2)5-7-20(16)27-24-25(30(41-27)49-15-32(37,38)39)26-21(4-3-9-40-26)29(28(24)44)48-14-31(34,35)36/h3-11,41,44H,12-15H2,1-2H3,(H,42,43). The maximum Gasteiger partial charge on any atom is 0.422 e. The van der Waals surface area contributed by atoms with E-state index in [2.05, 4.69) is 25.9 Å². The van der Waals surface area contributed by atoms with Gasteiger partial charge in [0.15, 0.2) is 24.7 Å². The summed E-state index contributed by atoms with van der Waals surface area (Å²) in [5, 5.41) is 10.8. The summed E-state index contributed by atoms with van der Waals surface area (Å²) in [6, 6.07) is 11.7. The Bertz CT molecular complexity index is 2210. The topological polar surface area (TPSA) is 140 Å². The molecular weight excluding hydrogens is 764 g/mol. The monoisotopic (exact) mass is 789 g/mol. The summed E-state index contributed by atoms with van der Waals surface area (Å²) < 4.78 is 123. The summed E-state index contributed by atoms with van der Waals surface area (Å²) in [6.07, 6.45) is -8.63. The van der Waals surface area contributed by atoms with Crippen molar-refractivity contribution >= 4 is 53.5 Å². The highest BCUT2D eigenvalue weighted by atomic mass is 79.9. The molecule has 2 heterocycles. The lowest BCUT2D eigenvalue weighted by Gasteiger charge is -2.15. The molecule has 0 saturated heterocycles. The lowest BCUT2D eigenvalue weighted by molar-refractivity contribution is -0.154. The molecule has 0 bridgehead atoms. The Morgan fingerprint density at radius 2 is 1.70 bits per heavy atom. The van der Waals surface area contributed by atoms with E-state index >= 15 is 0 Å². The number of aromatic amines is 1. The summed E-state index contributed by atoms with van der Waals surface area (Å²) in [4.78, 5) is 19.5. The van der Waals surface area contributed by atoms with E-state index in [9.17, 15) is 44.7 Å². The second-order valence-electron chi connectivity index (χ2n) is 11.0. The minimum Gasteiger partial charge on any atom is -0.504 e.